The Hall–Kier alpha value is -0.690. The highest BCUT2D eigenvalue weighted by molar-refractivity contribution is 5.78. The van der Waals surface area contributed by atoms with Gasteiger partial charge in [-0.15, -0.1) is 0 Å². The van der Waals surface area contributed by atoms with E-state index in [0.29, 0.717) is 12.5 Å². The van der Waals surface area contributed by atoms with Crippen molar-refractivity contribution >= 4 is 5.91 Å². The lowest BCUT2D eigenvalue weighted by Crippen LogP contribution is -2.49. The van der Waals surface area contributed by atoms with Crippen LogP contribution in [0.2, 0.25) is 0 Å². The summed E-state index contributed by atoms with van der Waals surface area (Å²) in [6, 6.07) is 0. The fraction of sp³-hybridized carbons (Fsp3) is 0.982. The first-order valence-electron chi connectivity index (χ1n) is 27.3. The summed E-state index contributed by atoms with van der Waals surface area (Å²) < 4.78 is 12.6. The van der Waals surface area contributed by atoms with Gasteiger partial charge in [0.1, 0.15) is 0 Å². The summed E-state index contributed by atoms with van der Waals surface area (Å²) in [5.41, 5.74) is 0.470. The molecular formula is C55H111N3O3. The van der Waals surface area contributed by atoms with Crippen LogP contribution in [0.15, 0.2) is 0 Å². The van der Waals surface area contributed by atoms with E-state index in [2.05, 4.69) is 77.1 Å². The molecule has 0 saturated carbocycles. The molecule has 0 radical (unpaired) electrons. The van der Waals surface area contributed by atoms with E-state index in [0.717, 1.165) is 90.4 Å². The lowest BCUT2D eigenvalue weighted by Gasteiger charge is -2.33. The average molecular weight is 863 g/mol. The Labute approximate surface area is 383 Å². The molecule has 0 bridgehead atoms. The van der Waals surface area contributed by atoms with Crippen LogP contribution in [0.1, 0.15) is 248 Å². The monoisotopic (exact) mass is 862 g/mol. The molecule has 1 aliphatic rings. The van der Waals surface area contributed by atoms with Gasteiger partial charge in [0, 0.05) is 52.5 Å². The van der Waals surface area contributed by atoms with Gasteiger partial charge in [0.05, 0.1) is 19.8 Å². The lowest BCUT2D eigenvalue weighted by atomic mass is 9.87. The summed E-state index contributed by atoms with van der Waals surface area (Å²) in [6.07, 6.45) is 39.4. The third-order valence-corrected chi connectivity index (χ3v) is 14.0. The maximum Gasteiger partial charge on any atom is 0.236 e. The van der Waals surface area contributed by atoms with Crippen LogP contribution in [0.5, 0.6) is 0 Å². The number of hydrogen-bond donors (Lipinski definition) is 0. The van der Waals surface area contributed by atoms with Gasteiger partial charge in [-0.05, 0) is 81.1 Å². The lowest BCUT2D eigenvalue weighted by molar-refractivity contribution is -0.133. The van der Waals surface area contributed by atoms with Gasteiger partial charge in [-0.2, -0.15) is 0 Å². The van der Waals surface area contributed by atoms with Crippen molar-refractivity contribution < 1.29 is 14.3 Å². The average Bonchev–Trinajstić information content (AvgIpc) is 3.22. The summed E-state index contributed by atoms with van der Waals surface area (Å²) >= 11 is 0. The number of likely N-dealkylation sites (N-methyl/N-ethyl adjacent to an activating group) is 1. The fourth-order valence-electron chi connectivity index (χ4n) is 9.57. The summed E-state index contributed by atoms with van der Waals surface area (Å²) in [5, 5.41) is 0. The van der Waals surface area contributed by atoms with Crippen LogP contribution in [0, 0.1) is 22.7 Å². The Morgan fingerprint density at radius 2 is 0.852 bits per heavy atom. The van der Waals surface area contributed by atoms with E-state index in [4.69, 9.17) is 9.47 Å². The SMILES string of the molecule is CCCCCC(CCCCC)CCCOCC(C)(C)CCCCCCN(CCCCCCC(C)(C)COCCCC(CCCCC)CCCCC)C(=O)CN1CCN(C)CC1. The predicted molar refractivity (Wildman–Crippen MR) is 268 cm³/mol. The molecule has 0 N–H and O–H groups in total. The van der Waals surface area contributed by atoms with E-state index in [1.165, 1.54) is 180 Å². The number of hydrogen-bond acceptors (Lipinski definition) is 5. The molecule has 0 aromatic rings. The third kappa shape index (κ3) is 34.3. The molecule has 0 aliphatic carbocycles. The van der Waals surface area contributed by atoms with E-state index in [1.54, 1.807) is 0 Å². The quantitative estimate of drug-likeness (QED) is 0.0571. The van der Waals surface area contributed by atoms with Crippen LogP contribution >= 0.6 is 0 Å². The van der Waals surface area contributed by atoms with Crippen LogP contribution in [0.3, 0.4) is 0 Å². The van der Waals surface area contributed by atoms with Crippen LogP contribution < -0.4 is 0 Å². The summed E-state index contributed by atoms with van der Waals surface area (Å²) in [4.78, 5) is 20.6. The number of amides is 1. The molecule has 1 aliphatic heterocycles. The van der Waals surface area contributed by atoms with E-state index >= 15 is 0 Å². The topological polar surface area (TPSA) is 45.3 Å². The second kappa shape index (κ2) is 38.6. The maximum atomic E-state index is 13.6. The van der Waals surface area contributed by atoms with Crippen molar-refractivity contribution in [2.24, 2.45) is 22.7 Å². The summed E-state index contributed by atoms with van der Waals surface area (Å²) in [6.45, 7) is 29.0. The Morgan fingerprint density at radius 3 is 1.23 bits per heavy atom. The predicted octanol–water partition coefficient (Wildman–Crippen LogP) is 15.2. The van der Waals surface area contributed by atoms with E-state index < -0.39 is 0 Å². The van der Waals surface area contributed by atoms with Crippen molar-refractivity contribution in [2.75, 3.05) is 79.3 Å². The Balaban J connectivity index is 2.38. The molecular weight excluding hydrogens is 751 g/mol. The van der Waals surface area contributed by atoms with Crippen LogP contribution in [-0.2, 0) is 14.3 Å². The van der Waals surface area contributed by atoms with Gasteiger partial charge in [-0.3, -0.25) is 9.69 Å². The van der Waals surface area contributed by atoms with Crippen molar-refractivity contribution in [3.8, 4) is 0 Å². The Kier molecular flexibility index (Phi) is 36.9. The van der Waals surface area contributed by atoms with Crippen LogP contribution in [0.25, 0.3) is 0 Å². The van der Waals surface area contributed by atoms with E-state index in [9.17, 15) is 4.79 Å². The normalized spacial score (nSPS) is 14.5. The first kappa shape index (κ1) is 58.3. The van der Waals surface area contributed by atoms with Gasteiger partial charge < -0.3 is 19.3 Å². The van der Waals surface area contributed by atoms with Gasteiger partial charge in [0.2, 0.25) is 5.91 Å². The standard InChI is InChI=1S/C55H111N3O3/c1-10-14-22-32-51(33-23-15-11-2)36-30-46-60-49-54(5,6)38-26-18-20-28-40-58(53(59)48-57-44-42-56(9)43-45-57)41-29-21-19-27-39-55(7,8)50-61-47-31-37-52(34-24-16-12-3)35-25-17-13-4/h51-52H,10-50H2,1-9H3. The highest BCUT2D eigenvalue weighted by Gasteiger charge is 2.22. The van der Waals surface area contributed by atoms with Crippen LogP contribution in [0.4, 0.5) is 0 Å². The Bertz CT molecular complexity index is 886. The van der Waals surface area contributed by atoms with Gasteiger partial charge in [-0.1, -0.05) is 197 Å². The zero-order chi connectivity index (χ0) is 44.9. The number of carbonyl (C=O) groups is 1. The van der Waals surface area contributed by atoms with Crippen molar-refractivity contribution in [1.82, 2.24) is 14.7 Å². The van der Waals surface area contributed by atoms with Crippen molar-refractivity contribution in [1.29, 1.82) is 0 Å². The second-order valence-electron chi connectivity index (χ2n) is 21.7. The highest BCUT2D eigenvalue weighted by atomic mass is 16.5. The molecule has 1 rings (SSSR count). The second-order valence-corrected chi connectivity index (χ2v) is 21.7. The molecule has 364 valence electrons. The number of nitrogens with zero attached hydrogens (tertiary/aromatic N) is 3. The van der Waals surface area contributed by atoms with Crippen molar-refractivity contribution in [2.45, 2.75) is 248 Å². The molecule has 1 fully saturated rings. The van der Waals surface area contributed by atoms with Gasteiger partial charge in [-0.25, -0.2) is 0 Å². The van der Waals surface area contributed by atoms with E-state index in [1.807, 2.05) is 0 Å². The summed E-state index contributed by atoms with van der Waals surface area (Å²) in [5.74, 6) is 2.15. The number of rotatable bonds is 44. The molecule has 0 spiro atoms. The van der Waals surface area contributed by atoms with E-state index in [-0.39, 0.29) is 10.8 Å². The summed E-state index contributed by atoms with van der Waals surface area (Å²) in [7, 11) is 2.19. The number of unbranched alkanes of at least 4 members (excludes halogenated alkanes) is 14. The minimum Gasteiger partial charge on any atom is -0.381 e. The molecule has 6 nitrogen and oxygen atoms in total. The number of piperazine rings is 1. The molecule has 0 atom stereocenters. The Morgan fingerprint density at radius 1 is 0.492 bits per heavy atom. The number of ether oxygens (including phenoxy) is 2. The highest BCUT2D eigenvalue weighted by Crippen LogP contribution is 2.28. The zero-order valence-corrected chi connectivity index (χ0v) is 43.2. The smallest absolute Gasteiger partial charge is 0.236 e. The maximum absolute atomic E-state index is 13.6. The van der Waals surface area contributed by atoms with Gasteiger partial charge >= 0.3 is 0 Å². The van der Waals surface area contributed by atoms with Gasteiger partial charge in [0.15, 0.2) is 0 Å². The van der Waals surface area contributed by atoms with Crippen molar-refractivity contribution in [3.63, 3.8) is 0 Å². The molecule has 6 heteroatoms. The minimum absolute atomic E-state index is 0.235. The molecule has 1 amide bonds. The molecule has 1 heterocycles. The third-order valence-electron chi connectivity index (χ3n) is 14.0. The van der Waals surface area contributed by atoms with Crippen LogP contribution in [-0.4, -0.2) is 99.9 Å². The molecule has 0 unspecified atom stereocenters. The van der Waals surface area contributed by atoms with Crippen molar-refractivity contribution in [3.05, 3.63) is 0 Å². The largest absolute Gasteiger partial charge is 0.381 e. The molecule has 61 heavy (non-hydrogen) atoms. The first-order valence-corrected chi connectivity index (χ1v) is 27.3. The van der Waals surface area contributed by atoms with Gasteiger partial charge in [0.25, 0.3) is 0 Å². The molecule has 0 aromatic heterocycles. The number of carbonyl (C=O) groups excluding carboxylic acids is 1. The molecule has 1 saturated heterocycles. The zero-order valence-electron chi connectivity index (χ0n) is 43.2. The fourth-order valence-corrected chi connectivity index (χ4v) is 9.57. The first-order chi connectivity index (χ1) is 29.4. The minimum atomic E-state index is 0.235. The molecule has 0 aromatic carbocycles.